The Morgan fingerprint density at radius 1 is 1.16 bits per heavy atom. The molecular weight excluding hydrogens is 232 g/mol. The van der Waals surface area contributed by atoms with Crippen LogP contribution in [0.3, 0.4) is 0 Å². The third kappa shape index (κ3) is 4.96. The number of nitrogens with one attached hydrogen (secondary N) is 1. The molecule has 1 aromatic carbocycles. The van der Waals surface area contributed by atoms with Crippen molar-refractivity contribution in [1.82, 2.24) is 10.2 Å². The number of hydrogen-bond donors (Lipinski definition) is 1. The molecule has 0 aromatic heterocycles. The molecule has 0 saturated heterocycles. The highest BCUT2D eigenvalue weighted by Crippen LogP contribution is 2.26. The number of nitrogens with zero attached hydrogens (tertiary/aromatic N) is 1. The Morgan fingerprint density at radius 2 is 1.84 bits per heavy atom. The van der Waals surface area contributed by atoms with Crippen LogP contribution in [0.25, 0.3) is 0 Å². The van der Waals surface area contributed by atoms with Crippen molar-refractivity contribution in [2.24, 2.45) is 0 Å². The van der Waals surface area contributed by atoms with Crippen LogP contribution in [0, 0.1) is 0 Å². The van der Waals surface area contributed by atoms with Crippen molar-refractivity contribution in [2.75, 3.05) is 26.7 Å². The van der Waals surface area contributed by atoms with Gasteiger partial charge in [-0.15, -0.1) is 0 Å². The number of benzene rings is 1. The Hall–Kier alpha value is -0.860. The van der Waals surface area contributed by atoms with Gasteiger partial charge in [-0.1, -0.05) is 44.2 Å². The van der Waals surface area contributed by atoms with Crippen LogP contribution < -0.4 is 5.32 Å². The molecule has 1 aliphatic carbocycles. The number of hydrogen-bond acceptors (Lipinski definition) is 2. The molecule has 0 bridgehead atoms. The molecule has 1 N–H and O–H groups in total. The molecular formula is C17H28N2. The maximum absolute atomic E-state index is 3.57. The Labute approximate surface area is 118 Å². The predicted octanol–water partition coefficient (Wildman–Crippen LogP) is 3.04. The third-order valence-corrected chi connectivity index (χ3v) is 4.18. The molecule has 0 unspecified atom stereocenters. The topological polar surface area (TPSA) is 15.3 Å². The Balaban J connectivity index is 1.70. The van der Waals surface area contributed by atoms with Crippen LogP contribution in [0.5, 0.6) is 0 Å². The van der Waals surface area contributed by atoms with Crippen LogP contribution in [0.4, 0.5) is 0 Å². The molecule has 19 heavy (non-hydrogen) atoms. The van der Waals surface area contributed by atoms with Gasteiger partial charge in [0.25, 0.3) is 0 Å². The first-order valence-electron chi connectivity index (χ1n) is 7.55. The van der Waals surface area contributed by atoms with E-state index in [0.29, 0.717) is 0 Å². The fourth-order valence-corrected chi connectivity index (χ4v) is 2.36. The molecule has 0 heterocycles. The largest absolute Gasteiger partial charge is 0.313 e. The van der Waals surface area contributed by atoms with E-state index in [1.807, 2.05) is 0 Å². The quantitative estimate of drug-likeness (QED) is 0.773. The van der Waals surface area contributed by atoms with Gasteiger partial charge < -0.3 is 10.2 Å². The summed E-state index contributed by atoms with van der Waals surface area (Å²) in [7, 11) is 2.23. The maximum Gasteiger partial charge on any atom is 0.0104 e. The standard InChI is InChI=1S/C17H28N2/c1-17(2,15-7-5-4-6-8-15)11-13-19(3)14-12-18-16-9-10-16/h4-8,16,18H,9-14H2,1-3H3. The van der Waals surface area contributed by atoms with Crippen LogP contribution in [0.15, 0.2) is 30.3 Å². The van der Waals surface area contributed by atoms with Gasteiger partial charge in [0.15, 0.2) is 0 Å². The third-order valence-electron chi connectivity index (χ3n) is 4.18. The average Bonchev–Trinajstić information content (AvgIpc) is 3.22. The summed E-state index contributed by atoms with van der Waals surface area (Å²) in [5.74, 6) is 0. The van der Waals surface area contributed by atoms with Crippen LogP contribution >= 0.6 is 0 Å². The molecule has 1 fully saturated rings. The molecule has 0 atom stereocenters. The molecule has 0 amide bonds. The number of likely N-dealkylation sites (N-methyl/N-ethyl adjacent to an activating group) is 1. The summed E-state index contributed by atoms with van der Waals surface area (Å²) in [4.78, 5) is 2.44. The highest BCUT2D eigenvalue weighted by Gasteiger charge is 2.21. The van der Waals surface area contributed by atoms with Crippen LogP contribution in [-0.2, 0) is 5.41 Å². The van der Waals surface area contributed by atoms with Gasteiger partial charge in [-0.3, -0.25) is 0 Å². The molecule has 1 aliphatic rings. The van der Waals surface area contributed by atoms with Crippen LogP contribution in [0.1, 0.15) is 38.7 Å². The van der Waals surface area contributed by atoms with Crippen molar-refractivity contribution in [3.8, 4) is 0 Å². The van der Waals surface area contributed by atoms with Crippen LogP contribution in [0.2, 0.25) is 0 Å². The number of rotatable bonds is 8. The zero-order chi connectivity index (χ0) is 13.7. The van der Waals surface area contributed by atoms with Crippen molar-refractivity contribution in [3.63, 3.8) is 0 Å². The summed E-state index contributed by atoms with van der Waals surface area (Å²) in [5.41, 5.74) is 1.71. The van der Waals surface area contributed by atoms with E-state index in [1.54, 1.807) is 0 Å². The Morgan fingerprint density at radius 3 is 2.47 bits per heavy atom. The van der Waals surface area contributed by atoms with Crippen molar-refractivity contribution < 1.29 is 0 Å². The van der Waals surface area contributed by atoms with Crippen molar-refractivity contribution >= 4 is 0 Å². The summed E-state index contributed by atoms with van der Waals surface area (Å²) < 4.78 is 0. The van der Waals surface area contributed by atoms with E-state index in [1.165, 1.54) is 24.8 Å². The molecule has 0 spiro atoms. The normalized spacial score (nSPS) is 16.0. The summed E-state index contributed by atoms with van der Waals surface area (Å²) >= 11 is 0. The fourth-order valence-electron chi connectivity index (χ4n) is 2.36. The van der Waals surface area contributed by atoms with Gasteiger partial charge in [-0.2, -0.15) is 0 Å². The molecule has 1 aromatic rings. The smallest absolute Gasteiger partial charge is 0.0104 e. The lowest BCUT2D eigenvalue weighted by atomic mass is 9.81. The molecule has 106 valence electrons. The first kappa shape index (κ1) is 14.5. The van der Waals surface area contributed by atoms with E-state index in [0.717, 1.165) is 25.7 Å². The molecule has 2 heteroatoms. The minimum atomic E-state index is 0.263. The minimum absolute atomic E-state index is 0.263. The minimum Gasteiger partial charge on any atom is -0.313 e. The summed E-state index contributed by atoms with van der Waals surface area (Å²) in [6.45, 7) is 8.14. The van der Waals surface area contributed by atoms with E-state index < -0.39 is 0 Å². The van der Waals surface area contributed by atoms with E-state index in [9.17, 15) is 0 Å². The lowest BCUT2D eigenvalue weighted by Crippen LogP contribution is -2.33. The lowest BCUT2D eigenvalue weighted by Gasteiger charge is -2.28. The fraction of sp³-hybridized carbons (Fsp3) is 0.647. The van der Waals surface area contributed by atoms with Gasteiger partial charge in [-0.05, 0) is 43.8 Å². The molecule has 0 radical (unpaired) electrons. The van der Waals surface area contributed by atoms with Crippen molar-refractivity contribution in [3.05, 3.63) is 35.9 Å². The highest BCUT2D eigenvalue weighted by molar-refractivity contribution is 5.23. The van der Waals surface area contributed by atoms with Gasteiger partial charge in [0, 0.05) is 19.1 Å². The summed E-state index contributed by atoms with van der Waals surface area (Å²) in [6, 6.07) is 11.7. The Kier molecular flexibility index (Phi) is 5.00. The van der Waals surface area contributed by atoms with Gasteiger partial charge in [-0.25, -0.2) is 0 Å². The van der Waals surface area contributed by atoms with Gasteiger partial charge in [0.05, 0.1) is 0 Å². The van der Waals surface area contributed by atoms with Crippen molar-refractivity contribution in [2.45, 2.75) is 44.6 Å². The lowest BCUT2D eigenvalue weighted by molar-refractivity contribution is 0.293. The summed E-state index contributed by atoms with van der Waals surface area (Å²) in [5, 5.41) is 3.57. The van der Waals surface area contributed by atoms with E-state index in [-0.39, 0.29) is 5.41 Å². The highest BCUT2D eigenvalue weighted by atomic mass is 15.1. The monoisotopic (exact) mass is 260 g/mol. The molecule has 0 aliphatic heterocycles. The second-order valence-electron chi connectivity index (χ2n) is 6.53. The zero-order valence-electron chi connectivity index (χ0n) is 12.7. The van der Waals surface area contributed by atoms with Gasteiger partial charge in [0.2, 0.25) is 0 Å². The van der Waals surface area contributed by atoms with Crippen molar-refractivity contribution in [1.29, 1.82) is 0 Å². The summed E-state index contributed by atoms with van der Waals surface area (Å²) in [6.07, 6.45) is 3.96. The zero-order valence-corrected chi connectivity index (χ0v) is 12.7. The van der Waals surface area contributed by atoms with Gasteiger partial charge >= 0.3 is 0 Å². The first-order valence-corrected chi connectivity index (χ1v) is 7.55. The molecule has 1 saturated carbocycles. The second kappa shape index (κ2) is 6.53. The average molecular weight is 260 g/mol. The van der Waals surface area contributed by atoms with E-state index in [4.69, 9.17) is 0 Å². The second-order valence-corrected chi connectivity index (χ2v) is 6.53. The van der Waals surface area contributed by atoms with Gasteiger partial charge in [0.1, 0.15) is 0 Å². The van der Waals surface area contributed by atoms with E-state index in [2.05, 4.69) is 61.4 Å². The predicted molar refractivity (Wildman–Crippen MR) is 82.6 cm³/mol. The van der Waals surface area contributed by atoms with E-state index >= 15 is 0 Å². The van der Waals surface area contributed by atoms with Crippen LogP contribution in [-0.4, -0.2) is 37.6 Å². The maximum atomic E-state index is 3.57. The molecule has 2 rings (SSSR count). The molecule has 2 nitrogen and oxygen atoms in total. The Bertz CT molecular complexity index is 368. The first-order chi connectivity index (χ1) is 9.08. The SMILES string of the molecule is CN(CCNC1CC1)CCC(C)(C)c1ccccc1.